The van der Waals surface area contributed by atoms with Gasteiger partial charge < -0.3 is 16.4 Å². The quantitative estimate of drug-likeness (QED) is 0.474. The van der Waals surface area contributed by atoms with Gasteiger partial charge in [-0.1, -0.05) is 18.2 Å². The first-order valence-corrected chi connectivity index (χ1v) is 10.4. The zero-order valence-electron chi connectivity index (χ0n) is 17.0. The van der Waals surface area contributed by atoms with Crippen LogP contribution in [-0.2, 0) is 0 Å². The monoisotopic (exact) mass is 413 g/mol. The molecule has 0 aliphatic carbocycles. The number of carbonyl (C=O) groups is 1. The third kappa shape index (κ3) is 3.73. The van der Waals surface area contributed by atoms with Crippen LogP contribution >= 0.6 is 0 Å². The van der Waals surface area contributed by atoms with Crippen LogP contribution in [0.1, 0.15) is 34.9 Å². The highest BCUT2D eigenvalue weighted by atomic mass is 16.1. The molecule has 1 saturated heterocycles. The second-order valence-corrected chi connectivity index (χ2v) is 7.64. The highest BCUT2D eigenvalue weighted by Gasteiger charge is 2.24. The number of fused-ring (bicyclic) bond motifs is 1. The minimum absolute atomic E-state index is 0.213. The number of amides is 1. The van der Waals surface area contributed by atoms with Gasteiger partial charge >= 0.3 is 0 Å². The average Bonchev–Trinajstić information content (AvgIpc) is 3.21. The Labute approximate surface area is 179 Å². The maximum Gasteiger partial charge on any atom is 0.256 e. The number of carbonyl (C=O) groups excluding carboxylic acids is 1. The highest BCUT2D eigenvalue weighted by Crippen LogP contribution is 2.32. The summed E-state index contributed by atoms with van der Waals surface area (Å²) in [6, 6.07) is 12.7. The van der Waals surface area contributed by atoms with Crippen molar-refractivity contribution in [1.82, 2.24) is 24.7 Å². The first kappa shape index (κ1) is 19.2. The van der Waals surface area contributed by atoms with Gasteiger partial charge in [0.2, 0.25) is 0 Å². The summed E-state index contributed by atoms with van der Waals surface area (Å²) in [6.07, 6.45) is 7.47. The van der Waals surface area contributed by atoms with Crippen molar-refractivity contribution in [3.05, 3.63) is 72.4 Å². The van der Waals surface area contributed by atoms with E-state index in [2.05, 4.69) is 25.0 Å². The van der Waals surface area contributed by atoms with Crippen LogP contribution in [-0.4, -0.2) is 38.3 Å². The molecule has 1 unspecified atom stereocenters. The van der Waals surface area contributed by atoms with E-state index < -0.39 is 0 Å². The standard InChI is InChI=1S/C23H23N7O/c24-21-20-19(29-22(30(20)13-12-27-21)17-4-3-10-25-14-17)15-6-8-16(9-7-15)23(31)28-18-5-1-2-11-26-18/h1-2,5-9,11-13,17,25H,3-4,10,14H2,(H2,24,27)(H,26,28,31). The Balaban J connectivity index is 1.48. The molecule has 0 bridgehead atoms. The molecule has 1 aliphatic rings. The molecule has 0 saturated carbocycles. The van der Waals surface area contributed by atoms with Crippen molar-refractivity contribution in [2.75, 3.05) is 24.1 Å². The van der Waals surface area contributed by atoms with E-state index in [-0.39, 0.29) is 5.91 Å². The Morgan fingerprint density at radius 3 is 2.74 bits per heavy atom. The summed E-state index contributed by atoms with van der Waals surface area (Å²) in [5, 5.41) is 6.25. The van der Waals surface area contributed by atoms with Crippen molar-refractivity contribution in [2.45, 2.75) is 18.8 Å². The number of imidazole rings is 1. The van der Waals surface area contributed by atoms with E-state index in [1.807, 2.05) is 24.4 Å². The molecule has 0 spiro atoms. The Kier molecular flexibility index (Phi) is 5.05. The summed E-state index contributed by atoms with van der Waals surface area (Å²) < 4.78 is 2.05. The number of nitrogens with one attached hydrogen (secondary N) is 2. The molecule has 1 atom stereocenters. The molecule has 4 aromatic rings. The van der Waals surface area contributed by atoms with E-state index >= 15 is 0 Å². The van der Waals surface area contributed by atoms with Gasteiger partial charge in [-0.3, -0.25) is 9.20 Å². The van der Waals surface area contributed by atoms with E-state index in [0.29, 0.717) is 23.1 Å². The van der Waals surface area contributed by atoms with Gasteiger partial charge in [0, 0.05) is 42.2 Å². The normalized spacial score (nSPS) is 16.3. The number of piperidine rings is 1. The molecular weight excluding hydrogens is 390 g/mol. The molecule has 4 N–H and O–H groups in total. The first-order chi connectivity index (χ1) is 15.2. The van der Waals surface area contributed by atoms with Crippen molar-refractivity contribution in [2.24, 2.45) is 0 Å². The zero-order chi connectivity index (χ0) is 21.2. The van der Waals surface area contributed by atoms with Gasteiger partial charge in [-0.15, -0.1) is 0 Å². The number of pyridine rings is 1. The summed E-state index contributed by atoms with van der Waals surface area (Å²) >= 11 is 0. The lowest BCUT2D eigenvalue weighted by Crippen LogP contribution is -2.29. The molecule has 156 valence electrons. The van der Waals surface area contributed by atoms with Gasteiger partial charge in [0.15, 0.2) is 0 Å². The molecule has 8 heteroatoms. The lowest BCUT2D eigenvalue weighted by Gasteiger charge is -2.21. The maximum atomic E-state index is 12.5. The topological polar surface area (TPSA) is 110 Å². The van der Waals surface area contributed by atoms with Crippen molar-refractivity contribution in [3.8, 4) is 11.3 Å². The van der Waals surface area contributed by atoms with Gasteiger partial charge in [0.05, 0.1) is 0 Å². The van der Waals surface area contributed by atoms with Crippen LogP contribution in [0.15, 0.2) is 61.1 Å². The molecular formula is C23H23N7O. The van der Waals surface area contributed by atoms with Gasteiger partial charge in [0.25, 0.3) is 5.91 Å². The van der Waals surface area contributed by atoms with Crippen LogP contribution in [0.3, 0.4) is 0 Å². The third-order valence-electron chi connectivity index (χ3n) is 5.60. The lowest BCUT2D eigenvalue weighted by atomic mass is 9.99. The van der Waals surface area contributed by atoms with Crippen LogP contribution in [0.2, 0.25) is 0 Å². The fraction of sp³-hybridized carbons (Fsp3) is 0.217. The second-order valence-electron chi connectivity index (χ2n) is 7.64. The SMILES string of the molecule is Nc1nccn2c(C3CCCNC3)nc(-c3ccc(C(=O)Nc4ccccn4)cc3)c12. The maximum absolute atomic E-state index is 12.5. The minimum Gasteiger partial charge on any atom is -0.382 e. The number of anilines is 2. The molecule has 31 heavy (non-hydrogen) atoms. The number of rotatable bonds is 4. The van der Waals surface area contributed by atoms with Gasteiger partial charge in [-0.25, -0.2) is 15.0 Å². The lowest BCUT2D eigenvalue weighted by molar-refractivity contribution is 0.102. The predicted molar refractivity (Wildman–Crippen MR) is 120 cm³/mol. The van der Waals surface area contributed by atoms with Crippen LogP contribution in [0.25, 0.3) is 16.8 Å². The summed E-state index contributed by atoms with van der Waals surface area (Å²) in [4.78, 5) is 25.9. The van der Waals surface area contributed by atoms with Gasteiger partial charge in [-0.2, -0.15) is 0 Å². The van der Waals surface area contributed by atoms with E-state index in [0.717, 1.165) is 48.5 Å². The molecule has 3 aromatic heterocycles. The Bertz CT molecular complexity index is 1210. The van der Waals surface area contributed by atoms with Crippen molar-refractivity contribution in [1.29, 1.82) is 0 Å². The van der Waals surface area contributed by atoms with Crippen molar-refractivity contribution >= 4 is 23.1 Å². The molecule has 4 heterocycles. The second kappa shape index (κ2) is 8.16. The molecule has 1 fully saturated rings. The Hall–Kier alpha value is -3.78. The van der Waals surface area contributed by atoms with Crippen molar-refractivity contribution < 1.29 is 4.79 Å². The smallest absolute Gasteiger partial charge is 0.256 e. The summed E-state index contributed by atoms with van der Waals surface area (Å²) in [5.41, 5.74) is 9.26. The van der Waals surface area contributed by atoms with Crippen LogP contribution in [0, 0.1) is 0 Å². The summed E-state index contributed by atoms with van der Waals surface area (Å²) in [7, 11) is 0. The minimum atomic E-state index is -0.213. The number of nitrogens with two attached hydrogens (primary N) is 1. The first-order valence-electron chi connectivity index (χ1n) is 10.4. The Morgan fingerprint density at radius 2 is 2.00 bits per heavy atom. The Morgan fingerprint density at radius 1 is 1.13 bits per heavy atom. The summed E-state index contributed by atoms with van der Waals surface area (Å²) in [6.45, 7) is 1.94. The highest BCUT2D eigenvalue weighted by molar-refractivity contribution is 6.04. The molecule has 5 rings (SSSR count). The molecule has 0 radical (unpaired) electrons. The zero-order valence-corrected chi connectivity index (χ0v) is 17.0. The van der Waals surface area contributed by atoms with Crippen LogP contribution in [0.5, 0.6) is 0 Å². The number of hydrogen-bond donors (Lipinski definition) is 3. The van der Waals surface area contributed by atoms with E-state index in [4.69, 9.17) is 10.7 Å². The average molecular weight is 413 g/mol. The number of hydrogen-bond acceptors (Lipinski definition) is 6. The number of aromatic nitrogens is 4. The third-order valence-corrected chi connectivity index (χ3v) is 5.60. The molecule has 8 nitrogen and oxygen atoms in total. The summed E-state index contributed by atoms with van der Waals surface area (Å²) in [5.74, 6) is 2.05. The van der Waals surface area contributed by atoms with Crippen molar-refractivity contribution in [3.63, 3.8) is 0 Å². The van der Waals surface area contributed by atoms with E-state index in [1.165, 1.54) is 0 Å². The van der Waals surface area contributed by atoms with Crippen LogP contribution in [0.4, 0.5) is 11.6 Å². The number of nitrogen functional groups attached to an aromatic ring is 1. The fourth-order valence-electron chi connectivity index (χ4n) is 4.05. The number of nitrogens with zero attached hydrogens (tertiary/aromatic N) is 4. The van der Waals surface area contributed by atoms with E-state index in [1.54, 1.807) is 36.7 Å². The molecule has 1 aliphatic heterocycles. The number of benzene rings is 1. The molecule has 1 amide bonds. The molecule has 1 aromatic carbocycles. The largest absolute Gasteiger partial charge is 0.382 e. The fourth-order valence-corrected chi connectivity index (χ4v) is 4.05. The van der Waals surface area contributed by atoms with Gasteiger partial charge in [0.1, 0.15) is 28.7 Å². The van der Waals surface area contributed by atoms with Gasteiger partial charge in [-0.05, 0) is 43.7 Å². The van der Waals surface area contributed by atoms with Crippen LogP contribution < -0.4 is 16.4 Å². The predicted octanol–water partition coefficient (Wildman–Crippen LogP) is 3.09. The van der Waals surface area contributed by atoms with E-state index in [9.17, 15) is 4.79 Å².